The van der Waals surface area contributed by atoms with Crippen LogP contribution in [0.5, 0.6) is 5.75 Å². The van der Waals surface area contributed by atoms with Crippen molar-refractivity contribution in [1.82, 2.24) is 5.32 Å². The molecule has 0 unspecified atom stereocenters. The van der Waals surface area contributed by atoms with Gasteiger partial charge in [-0.3, -0.25) is 4.79 Å². The van der Waals surface area contributed by atoms with Crippen molar-refractivity contribution in [2.24, 2.45) is 4.99 Å². The Kier molecular flexibility index (Phi) is 4.99. The number of hydrogen-bond donors (Lipinski definition) is 2. The Morgan fingerprint density at radius 3 is 2.92 bits per heavy atom. The van der Waals surface area contributed by atoms with Gasteiger partial charge in [0.05, 0.1) is 10.6 Å². The Hall–Kier alpha value is -1.76. The number of aliphatic imine (C=N–C) groups is 1. The number of thioether (sulfide) groups is 1. The lowest BCUT2D eigenvalue weighted by molar-refractivity contribution is -0.115. The lowest BCUT2D eigenvalue weighted by atomic mass is 10.2. The van der Waals surface area contributed by atoms with Crippen LogP contribution in [-0.4, -0.2) is 16.2 Å². The summed E-state index contributed by atoms with van der Waals surface area (Å²) in [6.07, 6.45) is 1.63. The van der Waals surface area contributed by atoms with Gasteiger partial charge < -0.3 is 10.4 Å². The van der Waals surface area contributed by atoms with E-state index < -0.39 is 0 Å². The summed E-state index contributed by atoms with van der Waals surface area (Å²) in [7, 11) is 0. The second-order valence-corrected chi connectivity index (χ2v) is 7.42. The minimum Gasteiger partial charge on any atom is -0.507 e. The number of carbonyl (C=O) groups is 1. The van der Waals surface area contributed by atoms with E-state index in [2.05, 4.69) is 26.2 Å². The van der Waals surface area contributed by atoms with Crippen LogP contribution in [0.2, 0.25) is 5.02 Å². The zero-order valence-electron chi connectivity index (χ0n) is 12.5. The first kappa shape index (κ1) is 17.1. The highest BCUT2D eigenvalue weighted by atomic mass is 79.9. The van der Waals surface area contributed by atoms with Crippen LogP contribution in [0.1, 0.15) is 11.1 Å². The van der Waals surface area contributed by atoms with Crippen LogP contribution in [0.25, 0.3) is 6.08 Å². The Morgan fingerprint density at radius 2 is 2.12 bits per heavy atom. The number of phenolic OH excluding ortho intramolecular Hbond substituents is 1. The van der Waals surface area contributed by atoms with Gasteiger partial charge in [0.15, 0.2) is 5.17 Å². The average Bonchev–Trinajstić information content (AvgIpc) is 2.87. The third-order valence-corrected chi connectivity index (χ3v) is 5.20. The highest BCUT2D eigenvalue weighted by molar-refractivity contribution is 9.10. The molecule has 0 spiro atoms. The molecule has 0 aliphatic carbocycles. The number of aromatic hydroxyl groups is 1. The van der Waals surface area contributed by atoms with Gasteiger partial charge in [-0.25, -0.2) is 4.99 Å². The van der Waals surface area contributed by atoms with Crippen molar-refractivity contribution in [3.05, 3.63) is 61.9 Å². The molecule has 0 aromatic heterocycles. The first-order chi connectivity index (χ1) is 11.4. The van der Waals surface area contributed by atoms with Crippen LogP contribution in [-0.2, 0) is 4.79 Å². The molecule has 4 nitrogen and oxygen atoms in total. The van der Waals surface area contributed by atoms with E-state index in [4.69, 9.17) is 11.6 Å². The second kappa shape index (κ2) is 7.01. The standard InChI is InChI=1S/C17H12BrClN2O2S/c1-9-12(19)3-2-4-13(9)20-17-21-16(23)15(24-17)8-10-7-11(18)5-6-14(10)22/h2-8,22H,1H3,(H,20,21,23)/b15-8-. The number of hydrogen-bond acceptors (Lipinski definition) is 4. The molecule has 2 aromatic rings. The van der Waals surface area contributed by atoms with E-state index in [1.165, 1.54) is 11.8 Å². The predicted molar refractivity (Wildman–Crippen MR) is 103 cm³/mol. The van der Waals surface area contributed by atoms with E-state index >= 15 is 0 Å². The SMILES string of the molecule is Cc1c(Cl)cccc1N=C1NC(=O)/C(=C/c2cc(Br)ccc2O)S1. The molecule has 7 heteroatoms. The summed E-state index contributed by atoms with van der Waals surface area (Å²) in [5.41, 5.74) is 2.11. The average molecular weight is 424 g/mol. The predicted octanol–water partition coefficient (Wildman–Crippen LogP) is 5.01. The molecule has 0 bridgehead atoms. The maximum atomic E-state index is 12.1. The molecule has 1 aliphatic heterocycles. The van der Waals surface area contributed by atoms with Crippen molar-refractivity contribution < 1.29 is 9.90 Å². The third-order valence-electron chi connectivity index (χ3n) is 3.39. The van der Waals surface area contributed by atoms with Crippen LogP contribution in [0.3, 0.4) is 0 Å². The number of carbonyl (C=O) groups excluding carboxylic acids is 1. The lowest BCUT2D eigenvalue weighted by Crippen LogP contribution is -2.19. The van der Waals surface area contributed by atoms with E-state index in [0.717, 1.165) is 10.0 Å². The van der Waals surface area contributed by atoms with E-state index in [1.807, 2.05) is 19.1 Å². The van der Waals surface area contributed by atoms with E-state index in [-0.39, 0.29) is 11.7 Å². The van der Waals surface area contributed by atoms with Crippen molar-refractivity contribution in [2.45, 2.75) is 6.92 Å². The summed E-state index contributed by atoms with van der Waals surface area (Å²) in [5, 5.41) is 13.7. The van der Waals surface area contributed by atoms with Gasteiger partial charge in [0.25, 0.3) is 5.91 Å². The van der Waals surface area contributed by atoms with Gasteiger partial charge in [0.1, 0.15) is 5.75 Å². The zero-order chi connectivity index (χ0) is 17.3. The number of nitrogens with one attached hydrogen (secondary N) is 1. The Labute approximate surface area is 156 Å². The largest absolute Gasteiger partial charge is 0.507 e. The number of phenols is 1. The molecule has 3 rings (SSSR count). The Balaban J connectivity index is 1.91. The molecule has 1 aliphatic rings. The Morgan fingerprint density at radius 1 is 1.33 bits per heavy atom. The van der Waals surface area contributed by atoms with Crippen molar-refractivity contribution in [3.63, 3.8) is 0 Å². The van der Waals surface area contributed by atoms with Gasteiger partial charge in [-0.15, -0.1) is 0 Å². The molecule has 2 aromatic carbocycles. The minimum absolute atomic E-state index is 0.107. The quantitative estimate of drug-likeness (QED) is 0.668. The number of benzene rings is 2. The van der Waals surface area contributed by atoms with Crippen molar-refractivity contribution in [2.75, 3.05) is 0 Å². The monoisotopic (exact) mass is 422 g/mol. The molecule has 1 heterocycles. The normalized spacial score (nSPS) is 17.5. The van der Waals surface area contributed by atoms with Crippen molar-refractivity contribution in [1.29, 1.82) is 0 Å². The molecular formula is C17H12BrClN2O2S. The topological polar surface area (TPSA) is 61.7 Å². The molecule has 1 saturated heterocycles. The summed E-state index contributed by atoms with van der Waals surface area (Å²) in [6, 6.07) is 10.5. The summed E-state index contributed by atoms with van der Waals surface area (Å²) in [5.74, 6) is -0.145. The fourth-order valence-electron chi connectivity index (χ4n) is 2.09. The van der Waals surface area contributed by atoms with E-state index in [1.54, 1.807) is 30.3 Å². The van der Waals surface area contributed by atoms with Gasteiger partial charge >= 0.3 is 0 Å². The fraction of sp³-hybridized carbons (Fsp3) is 0.0588. The fourth-order valence-corrected chi connectivity index (χ4v) is 3.46. The number of amidine groups is 1. The van der Waals surface area contributed by atoms with Crippen molar-refractivity contribution in [3.8, 4) is 5.75 Å². The molecule has 0 radical (unpaired) electrons. The summed E-state index contributed by atoms with van der Waals surface area (Å²) >= 11 is 10.7. The summed E-state index contributed by atoms with van der Waals surface area (Å²) < 4.78 is 0.819. The van der Waals surface area contributed by atoms with Gasteiger partial charge in [-0.2, -0.15) is 0 Å². The zero-order valence-corrected chi connectivity index (χ0v) is 15.7. The van der Waals surface area contributed by atoms with Crippen LogP contribution < -0.4 is 5.32 Å². The molecule has 1 fully saturated rings. The van der Waals surface area contributed by atoms with Crippen LogP contribution in [0, 0.1) is 6.92 Å². The molecule has 0 atom stereocenters. The van der Waals surface area contributed by atoms with Crippen LogP contribution in [0.4, 0.5) is 5.69 Å². The second-order valence-electron chi connectivity index (χ2n) is 5.07. The first-order valence-corrected chi connectivity index (χ1v) is 8.96. The highest BCUT2D eigenvalue weighted by Gasteiger charge is 2.24. The van der Waals surface area contributed by atoms with Gasteiger partial charge in [-0.1, -0.05) is 33.6 Å². The van der Waals surface area contributed by atoms with Gasteiger partial charge in [0.2, 0.25) is 0 Å². The highest BCUT2D eigenvalue weighted by Crippen LogP contribution is 2.33. The van der Waals surface area contributed by atoms with Crippen LogP contribution >= 0.6 is 39.3 Å². The van der Waals surface area contributed by atoms with E-state index in [0.29, 0.717) is 26.3 Å². The summed E-state index contributed by atoms with van der Waals surface area (Å²) in [4.78, 5) is 17.0. The molecule has 0 saturated carbocycles. The molecule has 122 valence electrons. The molecule has 24 heavy (non-hydrogen) atoms. The number of halogens is 2. The van der Waals surface area contributed by atoms with Gasteiger partial charge in [-0.05, 0) is 60.7 Å². The number of rotatable bonds is 2. The first-order valence-electron chi connectivity index (χ1n) is 6.97. The maximum Gasteiger partial charge on any atom is 0.264 e. The number of nitrogens with zero attached hydrogens (tertiary/aromatic N) is 1. The minimum atomic E-state index is -0.252. The van der Waals surface area contributed by atoms with Crippen LogP contribution in [0.15, 0.2) is 50.8 Å². The molecule has 1 amide bonds. The third kappa shape index (κ3) is 3.66. The van der Waals surface area contributed by atoms with Gasteiger partial charge in [0, 0.05) is 15.1 Å². The molecular weight excluding hydrogens is 412 g/mol. The number of amides is 1. The Bertz CT molecular complexity index is 896. The maximum absolute atomic E-state index is 12.1. The van der Waals surface area contributed by atoms with E-state index in [9.17, 15) is 9.90 Å². The lowest BCUT2D eigenvalue weighted by Gasteiger charge is -2.02. The molecule has 2 N–H and O–H groups in total. The summed E-state index contributed by atoms with van der Waals surface area (Å²) in [6.45, 7) is 1.87. The smallest absolute Gasteiger partial charge is 0.264 e. The van der Waals surface area contributed by atoms with Crippen molar-refractivity contribution >= 4 is 62.1 Å².